The number of rotatable bonds is 1. The Morgan fingerprint density at radius 1 is 0.706 bits per heavy atom. The van der Waals surface area contributed by atoms with Crippen LogP contribution in [0, 0.1) is 0 Å². The summed E-state index contributed by atoms with van der Waals surface area (Å²) in [5.41, 5.74) is 0. The van der Waals surface area contributed by atoms with E-state index in [1.54, 1.807) is 27.7 Å². The van der Waals surface area contributed by atoms with Crippen LogP contribution in [0.3, 0.4) is 0 Å². The first-order valence-corrected chi connectivity index (χ1v) is 5.51. The summed E-state index contributed by atoms with van der Waals surface area (Å²) in [6, 6.07) is 0. The average Bonchev–Trinajstić information content (AvgIpc) is 2.22. The van der Waals surface area contributed by atoms with Crippen molar-refractivity contribution >= 4 is 0 Å². The maximum absolute atomic E-state index is 8.93. The Hall–Kier alpha value is 0.268. The van der Waals surface area contributed by atoms with Crippen molar-refractivity contribution in [3.05, 3.63) is 12.7 Å². The van der Waals surface area contributed by atoms with Crippen LogP contribution in [0.25, 0.3) is 0 Å². The summed E-state index contributed by atoms with van der Waals surface area (Å²) in [4.78, 5) is 0. The van der Waals surface area contributed by atoms with Crippen LogP contribution in [0.2, 0.25) is 0 Å². The van der Waals surface area contributed by atoms with Gasteiger partial charge in [-0.15, -0.1) is 33.0 Å². The Labute approximate surface area is 122 Å². The maximum atomic E-state index is 8.93. The van der Waals surface area contributed by atoms with Crippen molar-refractivity contribution in [3.8, 4) is 0 Å². The molecule has 0 N–H and O–H groups in total. The SMILES string of the molecule is C=CCC.CC[O-].CC[O-].CC[O-].CC[O-].[Mo+4]. The summed E-state index contributed by atoms with van der Waals surface area (Å²) in [5, 5.41) is 35.7. The van der Waals surface area contributed by atoms with Crippen LogP contribution >= 0.6 is 0 Å². The summed E-state index contributed by atoms with van der Waals surface area (Å²) >= 11 is 0. The molecule has 0 bridgehead atoms. The van der Waals surface area contributed by atoms with Gasteiger partial charge >= 0.3 is 21.1 Å². The summed E-state index contributed by atoms with van der Waals surface area (Å²) in [7, 11) is 0. The van der Waals surface area contributed by atoms with E-state index in [0.29, 0.717) is 0 Å². The smallest absolute Gasteiger partial charge is 0.855 e. The molecule has 0 heterocycles. The third-order valence-corrected chi connectivity index (χ3v) is 0.289. The molecule has 0 fully saturated rings. The molecule has 0 atom stereocenters. The van der Waals surface area contributed by atoms with Gasteiger partial charge in [-0.3, -0.25) is 0 Å². The van der Waals surface area contributed by atoms with Crippen LogP contribution in [-0.2, 0) is 21.1 Å². The molecule has 0 saturated carbocycles. The summed E-state index contributed by atoms with van der Waals surface area (Å²) in [6.07, 6.45) is 2.96. The van der Waals surface area contributed by atoms with E-state index in [1.807, 2.05) is 6.08 Å². The first-order valence-electron chi connectivity index (χ1n) is 5.51. The Kier molecular flexibility index (Phi) is 204. The van der Waals surface area contributed by atoms with Gasteiger partial charge < -0.3 is 20.4 Å². The van der Waals surface area contributed by atoms with Gasteiger partial charge in [0, 0.05) is 0 Å². The fourth-order valence-corrected chi connectivity index (χ4v) is 0. The van der Waals surface area contributed by atoms with Crippen molar-refractivity contribution in [1.82, 2.24) is 0 Å². The van der Waals surface area contributed by atoms with Gasteiger partial charge in [-0.05, 0) is 6.42 Å². The maximum Gasteiger partial charge on any atom is 4.00 e. The standard InChI is InChI=1S/C4H8.4C2H5O.Mo/c1-3-4-2;4*1-2-3;/h3H,1,4H2,2H3;4*2H2,1H3;/q;4*-1;+4. The third kappa shape index (κ3) is 2060. The van der Waals surface area contributed by atoms with Gasteiger partial charge in [0.15, 0.2) is 0 Å². The largest absolute Gasteiger partial charge is 4.00 e. The van der Waals surface area contributed by atoms with Crippen LogP contribution in [0.15, 0.2) is 12.7 Å². The van der Waals surface area contributed by atoms with E-state index in [1.165, 1.54) is 0 Å². The van der Waals surface area contributed by atoms with Crippen LogP contribution in [0.1, 0.15) is 41.0 Å². The fraction of sp³-hybridized carbons (Fsp3) is 0.833. The van der Waals surface area contributed by atoms with E-state index in [-0.39, 0.29) is 47.5 Å². The van der Waals surface area contributed by atoms with Gasteiger partial charge in [-0.1, -0.05) is 40.7 Å². The van der Waals surface area contributed by atoms with Crippen molar-refractivity contribution in [2.45, 2.75) is 41.0 Å². The topological polar surface area (TPSA) is 92.2 Å². The van der Waals surface area contributed by atoms with E-state index < -0.39 is 0 Å². The average molecular weight is 332 g/mol. The summed E-state index contributed by atoms with van der Waals surface area (Å²) in [6.45, 7) is 11.8. The number of allylic oxidation sites excluding steroid dienone is 1. The third-order valence-electron chi connectivity index (χ3n) is 0.289. The predicted octanol–water partition coefficient (Wildman–Crippen LogP) is -0.954. The molecule has 0 saturated heterocycles. The van der Waals surface area contributed by atoms with Gasteiger partial charge in [0.05, 0.1) is 0 Å². The Balaban J connectivity index is -0.0000000221. The first kappa shape index (κ1) is 36.0. The fourth-order valence-electron chi connectivity index (χ4n) is 0. The Morgan fingerprint density at radius 3 is 0.765 bits per heavy atom. The van der Waals surface area contributed by atoms with Crippen LogP contribution < -0.4 is 20.4 Å². The minimum atomic E-state index is 0. The molecule has 0 spiro atoms. The van der Waals surface area contributed by atoms with Gasteiger partial charge in [0.1, 0.15) is 0 Å². The van der Waals surface area contributed by atoms with E-state index in [9.17, 15) is 0 Å². The van der Waals surface area contributed by atoms with Crippen LogP contribution in [-0.4, -0.2) is 26.4 Å². The zero-order chi connectivity index (χ0) is 14.2. The molecule has 106 valence electrons. The van der Waals surface area contributed by atoms with Gasteiger partial charge in [-0.25, -0.2) is 0 Å². The molecule has 0 radical (unpaired) electrons. The normalized spacial score (nSPS) is 5.71. The monoisotopic (exact) mass is 334 g/mol. The quantitative estimate of drug-likeness (QED) is 0.457. The molecule has 0 amide bonds. The molecule has 0 rings (SSSR count). The van der Waals surface area contributed by atoms with Crippen LogP contribution in [0.5, 0.6) is 0 Å². The van der Waals surface area contributed by atoms with Gasteiger partial charge in [0.25, 0.3) is 0 Å². The zero-order valence-electron chi connectivity index (χ0n) is 11.9. The predicted molar refractivity (Wildman–Crippen MR) is 62.7 cm³/mol. The van der Waals surface area contributed by atoms with Crippen molar-refractivity contribution < 1.29 is 41.5 Å². The van der Waals surface area contributed by atoms with Crippen molar-refractivity contribution in [1.29, 1.82) is 0 Å². The van der Waals surface area contributed by atoms with Crippen molar-refractivity contribution in [2.75, 3.05) is 26.4 Å². The molecule has 5 heteroatoms. The number of hydrogen-bond donors (Lipinski definition) is 0. The minimum absolute atomic E-state index is 0. The molecule has 0 aliphatic carbocycles. The molecule has 4 nitrogen and oxygen atoms in total. The van der Waals surface area contributed by atoms with Gasteiger partial charge in [-0.2, -0.15) is 0 Å². The molecule has 0 aromatic carbocycles. The van der Waals surface area contributed by atoms with E-state index in [2.05, 4.69) is 13.5 Å². The second-order valence-corrected chi connectivity index (χ2v) is 1.85. The van der Waals surface area contributed by atoms with E-state index in [4.69, 9.17) is 20.4 Å². The molecule has 0 aromatic rings. The molecular weight excluding hydrogens is 304 g/mol. The molecular formula is C12H28MoO4. The first-order chi connectivity index (χ1) is 7.57. The molecule has 0 aliphatic rings. The Morgan fingerprint density at radius 2 is 0.765 bits per heavy atom. The van der Waals surface area contributed by atoms with E-state index in [0.717, 1.165) is 6.42 Å². The second kappa shape index (κ2) is 96.5. The summed E-state index contributed by atoms with van der Waals surface area (Å²) in [5.74, 6) is 0. The van der Waals surface area contributed by atoms with Crippen molar-refractivity contribution in [2.24, 2.45) is 0 Å². The zero-order valence-corrected chi connectivity index (χ0v) is 13.9. The van der Waals surface area contributed by atoms with Crippen molar-refractivity contribution in [3.63, 3.8) is 0 Å². The molecule has 0 aromatic heterocycles. The molecule has 0 aliphatic heterocycles. The van der Waals surface area contributed by atoms with E-state index >= 15 is 0 Å². The molecule has 17 heavy (non-hydrogen) atoms. The van der Waals surface area contributed by atoms with Gasteiger partial charge in [0.2, 0.25) is 0 Å². The Bertz CT molecular complexity index is 56.5. The number of hydrogen-bond acceptors (Lipinski definition) is 4. The summed E-state index contributed by atoms with van der Waals surface area (Å²) < 4.78 is 0. The second-order valence-electron chi connectivity index (χ2n) is 1.85. The van der Waals surface area contributed by atoms with Crippen LogP contribution in [0.4, 0.5) is 0 Å². The minimum Gasteiger partial charge on any atom is -0.855 e. The molecule has 0 unspecified atom stereocenters.